The number of hydrogen-bond donors (Lipinski definition) is 1. The van der Waals surface area contributed by atoms with E-state index in [2.05, 4.69) is 10.1 Å². The zero-order chi connectivity index (χ0) is 10.1. The van der Waals surface area contributed by atoms with Gasteiger partial charge in [-0.15, -0.1) is 0 Å². The van der Waals surface area contributed by atoms with Crippen molar-refractivity contribution < 1.29 is 8.42 Å². The van der Waals surface area contributed by atoms with E-state index in [4.69, 9.17) is 5.14 Å². The molecule has 0 saturated heterocycles. The van der Waals surface area contributed by atoms with Gasteiger partial charge in [0.2, 0.25) is 0 Å². The van der Waals surface area contributed by atoms with Crippen LogP contribution < -0.4 is 5.14 Å². The highest BCUT2D eigenvalue weighted by atomic mass is 32.2. The van der Waals surface area contributed by atoms with Crippen LogP contribution in [-0.2, 0) is 23.8 Å². The third kappa shape index (κ3) is 2.47. The number of rotatable bonds is 3. The number of aryl methyl sites for hydroxylation is 1. The van der Waals surface area contributed by atoms with Gasteiger partial charge in [0.15, 0.2) is 0 Å². The second-order valence-electron chi connectivity index (χ2n) is 2.60. The van der Waals surface area contributed by atoms with Gasteiger partial charge in [-0.2, -0.15) is 17.8 Å². The van der Waals surface area contributed by atoms with Crippen LogP contribution in [0.1, 0.15) is 5.82 Å². The fourth-order valence-corrected chi connectivity index (χ4v) is 1.05. The van der Waals surface area contributed by atoms with Crippen LogP contribution in [0.3, 0.4) is 0 Å². The van der Waals surface area contributed by atoms with E-state index < -0.39 is 10.2 Å². The first kappa shape index (κ1) is 10.1. The molecule has 0 spiro atoms. The van der Waals surface area contributed by atoms with E-state index >= 15 is 0 Å². The van der Waals surface area contributed by atoms with Crippen molar-refractivity contribution in [2.24, 2.45) is 12.2 Å². The van der Waals surface area contributed by atoms with Crippen LogP contribution in [0.5, 0.6) is 0 Å². The molecule has 74 valence electrons. The molecule has 0 aliphatic carbocycles. The van der Waals surface area contributed by atoms with Gasteiger partial charge in [-0.25, -0.2) is 10.1 Å². The van der Waals surface area contributed by atoms with Crippen molar-refractivity contribution in [3.63, 3.8) is 0 Å². The summed E-state index contributed by atoms with van der Waals surface area (Å²) < 4.78 is 24.1. The normalized spacial score (nSPS) is 12.3. The molecule has 0 radical (unpaired) electrons. The lowest BCUT2D eigenvalue weighted by Gasteiger charge is -2.11. The lowest BCUT2D eigenvalue weighted by Crippen LogP contribution is -2.33. The predicted molar refractivity (Wildman–Crippen MR) is 45.6 cm³/mol. The van der Waals surface area contributed by atoms with Gasteiger partial charge in [0.1, 0.15) is 12.2 Å². The first-order valence-electron chi connectivity index (χ1n) is 3.48. The third-order valence-corrected chi connectivity index (χ3v) is 2.60. The van der Waals surface area contributed by atoms with E-state index in [1.807, 2.05) is 0 Å². The summed E-state index contributed by atoms with van der Waals surface area (Å²) in [7, 11) is -0.585. The summed E-state index contributed by atoms with van der Waals surface area (Å²) in [6.07, 6.45) is 1.35. The van der Waals surface area contributed by atoms with Crippen molar-refractivity contribution in [1.29, 1.82) is 0 Å². The summed E-state index contributed by atoms with van der Waals surface area (Å²) >= 11 is 0. The van der Waals surface area contributed by atoms with Crippen molar-refractivity contribution in [3.8, 4) is 0 Å². The fraction of sp³-hybridized carbons (Fsp3) is 0.600. The topological polar surface area (TPSA) is 94.1 Å². The number of aromatic nitrogens is 3. The maximum absolute atomic E-state index is 10.8. The maximum Gasteiger partial charge on any atom is 0.277 e. The largest absolute Gasteiger partial charge is 0.277 e. The van der Waals surface area contributed by atoms with Gasteiger partial charge in [0, 0.05) is 14.1 Å². The Morgan fingerprint density at radius 3 is 2.69 bits per heavy atom. The molecule has 0 aliphatic rings. The molecule has 1 aromatic heterocycles. The van der Waals surface area contributed by atoms with Crippen LogP contribution >= 0.6 is 0 Å². The molecule has 0 aromatic carbocycles. The average molecular weight is 205 g/mol. The molecule has 2 N–H and O–H groups in total. The Hall–Kier alpha value is -0.990. The molecule has 0 amide bonds. The molecule has 0 atom stereocenters. The van der Waals surface area contributed by atoms with E-state index in [1.165, 1.54) is 18.1 Å². The van der Waals surface area contributed by atoms with Crippen molar-refractivity contribution >= 4 is 10.2 Å². The van der Waals surface area contributed by atoms with Crippen LogP contribution in [0, 0.1) is 0 Å². The highest BCUT2D eigenvalue weighted by Crippen LogP contribution is 1.99. The Morgan fingerprint density at radius 1 is 1.69 bits per heavy atom. The molecular weight excluding hydrogens is 194 g/mol. The van der Waals surface area contributed by atoms with Gasteiger partial charge in [0.05, 0.1) is 6.54 Å². The lowest BCUT2D eigenvalue weighted by atomic mass is 10.6. The van der Waals surface area contributed by atoms with Gasteiger partial charge >= 0.3 is 0 Å². The van der Waals surface area contributed by atoms with Crippen LogP contribution in [0.4, 0.5) is 0 Å². The van der Waals surface area contributed by atoms with Crippen molar-refractivity contribution in [1.82, 2.24) is 19.1 Å². The van der Waals surface area contributed by atoms with Crippen molar-refractivity contribution in [2.45, 2.75) is 6.54 Å². The minimum absolute atomic E-state index is 0.120. The minimum atomic E-state index is -3.64. The average Bonchev–Trinajstić information content (AvgIpc) is 2.34. The van der Waals surface area contributed by atoms with Gasteiger partial charge in [-0.3, -0.25) is 4.68 Å². The third-order valence-electron chi connectivity index (χ3n) is 1.60. The number of nitrogens with zero attached hydrogens (tertiary/aromatic N) is 4. The molecule has 13 heavy (non-hydrogen) atoms. The first-order chi connectivity index (χ1) is 5.91. The lowest BCUT2D eigenvalue weighted by molar-refractivity contribution is 0.448. The van der Waals surface area contributed by atoms with Crippen molar-refractivity contribution in [3.05, 3.63) is 12.2 Å². The molecule has 0 bridgehead atoms. The van der Waals surface area contributed by atoms with E-state index in [0.29, 0.717) is 5.82 Å². The van der Waals surface area contributed by atoms with Crippen LogP contribution in [0.15, 0.2) is 6.33 Å². The second kappa shape index (κ2) is 3.40. The first-order valence-corrected chi connectivity index (χ1v) is 4.98. The summed E-state index contributed by atoms with van der Waals surface area (Å²) in [6, 6.07) is 0. The van der Waals surface area contributed by atoms with Gasteiger partial charge in [-0.1, -0.05) is 0 Å². The van der Waals surface area contributed by atoms with E-state index in [9.17, 15) is 8.42 Å². The monoisotopic (exact) mass is 205 g/mol. The molecule has 1 rings (SSSR count). The van der Waals surface area contributed by atoms with Crippen LogP contribution in [-0.4, -0.2) is 34.5 Å². The Morgan fingerprint density at radius 2 is 2.31 bits per heavy atom. The summed E-state index contributed by atoms with van der Waals surface area (Å²) in [6.45, 7) is 0.120. The fourth-order valence-electron chi connectivity index (χ4n) is 0.752. The van der Waals surface area contributed by atoms with Gasteiger partial charge < -0.3 is 0 Å². The molecular formula is C5H11N5O2S. The Labute approximate surface area is 76.3 Å². The summed E-state index contributed by atoms with van der Waals surface area (Å²) in [5, 5.41) is 8.68. The Kier molecular flexibility index (Phi) is 2.64. The minimum Gasteiger partial charge on any atom is -0.252 e. The second-order valence-corrected chi connectivity index (χ2v) is 4.25. The Balaban J connectivity index is 2.77. The van der Waals surface area contributed by atoms with E-state index in [0.717, 1.165) is 4.31 Å². The van der Waals surface area contributed by atoms with Crippen molar-refractivity contribution in [2.75, 3.05) is 7.05 Å². The summed E-state index contributed by atoms with van der Waals surface area (Å²) in [5.41, 5.74) is 0. The van der Waals surface area contributed by atoms with Gasteiger partial charge in [-0.05, 0) is 0 Å². The van der Waals surface area contributed by atoms with E-state index in [1.54, 1.807) is 7.05 Å². The Bertz CT molecular complexity index is 383. The molecule has 8 heteroatoms. The smallest absolute Gasteiger partial charge is 0.252 e. The number of nitrogens with two attached hydrogens (primary N) is 1. The molecule has 1 heterocycles. The van der Waals surface area contributed by atoms with Gasteiger partial charge in [0.25, 0.3) is 10.2 Å². The maximum atomic E-state index is 10.8. The van der Waals surface area contributed by atoms with Crippen LogP contribution in [0.2, 0.25) is 0 Å². The predicted octanol–water partition coefficient (Wildman–Crippen LogP) is -1.55. The standard InChI is InChI=1S/C5H11N5O2S/c1-9(13(6,11)12)3-5-7-4-8-10(5)2/h4H,3H2,1-2H3,(H2,6,11,12). The van der Waals surface area contributed by atoms with Crippen LogP contribution in [0.25, 0.3) is 0 Å². The summed E-state index contributed by atoms with van der Waals surface area (Å²) in [5.74, 6) is 0.538. The molecule has 0 aliphatic heterocycles. The quantitative estimate of drug-likeness (QED) is 0.646. The zero-order valence-electron chi connectivity index (χ0n) is 7.38. The zero-order valence-corrected chi connectivity index (χ0v) is 8.19. The van der Waals surface area contributed by atoms with E-state index in [-0.39, 0.29) is 6.54 Å². The highest BCUT2D eigenvalue weighted by Gasteiger charge is 2.14. The molecule has 7 nitrogen and oxygen atoms in total. The SMILES string of the molecule is CN(Cc1ncnn1C)S(N)(=O)=O. The number of hydrogen-bond acceptors (Lipinski definition) is 4. The highest BCUT2D eigenvalue weighted by molar-refractivity contribution is 7.86. The molecule has 0 fully saturated rings. The molecule has 1 aromatic rings. The molecule has 0 unspecified atom stereocenters. The summed E-state index contributed by atoms with van der Waals surface area (Å²) in [4.78, 5) is 3.86. The molecule has 0 saturated carbocycles.